The largest absolute Gasteiger partial charge is 0.481 e. The second kappa shape index (κ2) is 6.69. The second-order valence-corrected chi connectivity index (χ2v) is 8.49. The van der Waals surface area contributed by atoms with Crippen LogP contribution < -0.4 is 0 Å². The molecule has 2 atom stereocenters. The Morgan fingerprint density at radius 1 is 1.28 bits per heavy atom. The number of rotatable bonds is 3. The summed E-state index contributed by atoms with van der Waals surface area (Å²) < 4.78 is 7.44. The third kappa shape index (κ3) is 2.71. The molecule has 1 amide bonds. The van der Waals surface area contributed by atoms with Crippen molar-refractivity contribution in [3.63, 3.8) is 0 Å². The Bertz CT molecular complexity index is 998. The highest BCUT2D eigenvalue weighted by molar-refractivity contribution is 5.95. The van der Waals surface area contributed by atoms with Gasteiger partial charge in [-0.1, -0.05) is 18.2 Å². The first-order chi connectivity index (χ1) is 14.0. The molecule has 7 nitrogen and oxygen atoms in total. The molecule has 3 aliphatic rings. The molecule has 2 fully saturated rings. The van der Waals surface area contributed by atoms with Crippen LogP contribution in [0.5, 0.6) is 0 Å². The third-order valence-electron chi connectivity index (χ3n) is 6.90. The van der Waals surface area contributed by atoms with Crippen molar-refractivity contribution in [2.24, 2.45) is 11.3 Å². The zero-order valence-electron chi connectivity index (χ0n) is 16.6. The molecule has 2 saturated heterocycles. The van der Waals surface area contributed by atoms with E-state index >= 15 is 0 Å². The molecule has 5 rings (SSSR count). The molecule has 152 valence electrons. The van der Waals surface area contributed by atoms with Gasteiger partial charge in [0.2, 0.25) is 0 Å². The lowest BCUT2D eigenvalue weighted by molar-refractivity contribution is -0.157. The van der Waals surface area contributed by atoms with Crippen molar-refractivity contribution in [2.45, 2.75) is 32.6 Å². The number of likely N-dealkylation sites (tertiary alicyclic amines) is 1. The van der Waals surface area contributed by atoms with E-state index in [1.54, 1.807) is 4.90 Å². The number of aromatic nitrogens is 2. The van der Waals surface area contributed by atoms with E-state index in [0.29, 0.717) is 31.9 Å². The number of aliphatic carboxylic acids is 1. The number of hydrogen-bond acceptors (Lipinski definition) is 4. The number of ether oxygens (including phenoxy) is 1. The average Bonchev–Trinajstić information content (AvgIpc) is 3.41. The summed E-state index contributed by atoms with van der Waals surface area (Å²) in [5.74, 6) is -1.13. The first kappa shape index (κ1) is 18.4. The maximum Gasteiger partial charge on any atom is 0.311 e. The van der Waals surface area contributed by atoms with Gasteiger partial charge < -0.3 is 14.7 Å². The van der Waals surface area contributed by atoms with E-state index in [9.17, 15) is 14.7 Å². The van der Waals surface area contributed by atoms with Crippen molar-refractivity contribution >= 4 is 11.9 Å². The number of benzene rings is 1. The molecule has 0 bridgehead atoms. The highest BCUT2D eigenvalue weighted by Crippen LogP contribution is 2.43. The number of amides is 1. The Hall–Kier alpha value is -2.67. The van der Waals surface area contributed by atoms with Crippen LogP contribution in [0.25, 0.3) is 5.69 Å². The van der Waals surface area contributed by atoms with Gasteiger partial charge in [-0.25, -0.2) is 4.68 Å². The van der Waals surface area contributed by atoms with Crippen molar-refractivity contribution in [3.05, 3.63) is 46.8 Å². The molecule has 0 saturated carbocycles. The maximum atomic E-state index is 13.5. The molecule has 2 aromatic rings. The highest BCUT2D eigenvalue weighted by Gasteiger charge is 2.55. The molecule has 3 heterocycles. The molecule has 0 unspecified atom stereocenters. The topological polar surface area (TPSA) is 84.7 Å². The number of carboxylic acids is 1. The van der Waals surface area contributed by atoms with Crippen LogP contribution in [0.15, 0.2) is 24.3 Å². The van der Waals surface area contributed by atoms with E-state index in [4.69, 9.17) is 9.84 Å². The van der Waals surface area contributed by atoms with Crippen LogP contribution in [-0.2, 0) is 22.4 Å². The van der Waals surface area contributed by atoms with Crippen molar-refractivity contribution < 1.29 is 19.4 Å². The van der Waals surface area contributed by atoms with Gasteiger partial charge in [-0.3, -0.25) is 9.59 Å². The van der Waals surface area contributed by atoms with Crippen LogP contribution in [0, 0.1) is 18.3 Å². The minimum Gasteiger partial charge on any atom is -0.481 e. The number of carbonyl (C=O) groups excluding carboxylic acids is 1. The fourth-order valence-corrected chi connectivity index (χ4v) is 5.21. The predicted molar refractivity (Wildman–Crippen MR) is 105 cm³/mol. The van der Waals surface area contributed by atoms with Crippen molar-refractivity contribution in [1.82, 2.24) is 14.7 Å². The summed E-state index contributed by atoms with van der Waals surface area (Å²) in [4.78, 5) is 27.2. The van der Waals surface area contributed by atoms with Crippen molar-refractivity contribution in [2.75, 3.05) is 26.3 Å². The normalized spacial score (nSPS) is 25.7. The Balaban J connectivity index is 1.51. The number of hydrogen-bond donors (Lipinski definition) is 1. The standard InChI is InChI=1S/C22H25N3O4/c1-14-5-2-3-7-17(14)25-18-8-4-6-16(18)19(23-25)20(26)24-11-15-12-29-10-9-22(15,13-24)21(27)28/h2-3,5,7,15H,4,6,8-13H2,1H3,(H,27,28)/t15-,22+/m0/s1. The summed E-state index contributed by atoms with van der Waals surface area (Å²) in [7, 11) is 0. The van der Waals surface area contributed by atoms with Gasteiger partial charge in [-0.05, 0) is 44.2 Å². The number of nitrogens with zero attached hydrogens (tertiary/aromatic N) is 3. The first-order valence-electron chi connectivity index (χ1n) is 10.3. The van der Waals surface area contributed by atoms with Gasteiger partial charge in [0.1, 0.15) is 0 Å². The Morgan fingerprint density at radius 3 is 2.86 bits per heavy atom. The summed E-state index contributed by atoms with van der Waals surface area (Å²) in [5.41, 5.74) is 3.83. The molecule has 29 heavy (non-hydrogen) atoms. The summed E-state index contributed by atoms with van der Waals surface area (Å²) in [6, 6.07) is 8.04. The highest BCUT2D eigenvalue weighted by atomic mass is 16.5. The van der Waals surface area contributed by atoms with Gasteiger partial charge >= 0.3 is 5.97 Å². The molecule has 1 N–H and O–H groups in total. The van der Waals surface area contributed by atoms with Crippen LogP contribution in [-0.4, -0.2) is 58.0 Å². The molecular formula is C22H25N3O4. The van der Waals surface area contributed by atoms with Crippen molar-refractivity contribution in [3.8, 4) is 5.69 Å². The molecule has 7 heteroatoms. The fourth-order valence-electron chi connectivity index (χ4n) is 5.21. The number of carboxylic acid groups (broad SMARTS) is 1. The maximum absolute atomic E-state index is 13.5. The molecule has 1 aromatic carbocycles. The number of aryl methyl sites for hydroxylation is 1. The quantitative estimate of drug-likeness (QED) is 0.862. The van der Waals surface area contributed by atoms with Crippen LogP contribution in [0.2, 0.25) is 0 Å². The van der Waals surface area contributed by atoms with Gasteiger partial charge in [0.25, 0.3) is 5.91 Å². The van der Waals surface area contributed by atoms with Gasteiger partial charge in [-0.15, -0.1) is 0 Å². The second-order valence-electron chi connectivity index (χ2n) is 8.49. The van der Waals surface area contributed by atoms with Crippen LogP contribution in [0.1, 0.15) is 40.2 Å². The SMILES string of the molecule is Cc1ccccc1-n1nc(C(=O)N2C[C@H]3COCC[C@@]3(C(=O)O)C2)c2c1CCC2. The molecule has 1 aromatic heterocycles. The lowest BCUT2D eigenvalue weighted by Crippen LogP contribution is -2.45. The van der Waals surface area contributed by atoms with Gasteiger partial charge in [-0.2, -0.15) is 5.10 Å². The molecule has 0 spiro atoms. The molecule has 1 aliphatic carbocycles. The Morgan fingerprint density at radius 2 is 2.10 bits per heavy atom. The number of carbonyl (C=O) groups is 2. The summed E-state index contributed by atoms with van der Waals surface area (Å²) in [6.45, 7) is 3.52. The monoisotopic (exact) mass is 395 g/mol. The zero-order chi connectivity index (χ0) is 20.2. The smallest absolute Gasteiger partial charge is 0.311 e. The lowest BCUT2D eigenvalue weighted by Gasteiger charge is -2.33. The van der Waals surface area contributed by atoms with Gasteiger partial charge in [0, 0.05) is 36.9 Å². The van der Waals surface area contributed by atoms with Crippen LogP contribution in [0.4, 0.5) is 0 Å². The third-order valence-corrected chi connectivity index (χ3v) is 6.90. The summed E-state index contributed by atoms with van der Waals surface area (Å²) in [5, 5.41) is 14.6. The van der Waals surface area contributed by atoms with Crippen LogP contribution in [0.3, 0.4) is 0 Å². The van der Waals surface area contributed by atoms with Crippen LogP contribution >= 0.6 is 0 Å². The van der Waals surface area contributed by atoms with E-state index in [-0.39, 0.29) is 18.4 Å². The summed E-state index contributed by atoms with van der Waals surface area (Å²) >= 11 is 0. The number of fused-ring (bicyclic) bond motifs is 2. The van der Waals surface area contributed by atoms with E-state index in [2.05, 4.69) is 0 Å². The Kier molecular flexibility index (Phi) is 4.24. The fraction of sp³-hybridized carbons (Fsp3) is 0.500. The minimum atomic E-state index is -0.893. The van der Waals surface area contributed by atoms with Gasteiger partial charge in [0.15, 0.2) is 5.69 Å². The van der Waals surface area contributed by atoms with E-state index in [1.807, 2.05) is 35.9 Å². The lowest BCUT2D eigenvalue weighted by atomic mass is 9.74. The first-order valence-corrected chi connectivity index (χ1v) is 10.3. The van der Waals surface area contributed by atoms with Crippen molar-refractivity contribution in [1.29, 1.82) is 0 Å². The minimum absolute atomic E-state index is 0.148. The number of para-hydroxylation sites is 1. The predicted octanol–water partition coefficient (Wildman–Crippen LogP) is 2.23. The van der Waals surface area contributed by atoms with Gasteiger partial charge in [0.05, 0.1) is 17.7 Å². The average molecular weight is 395 g/mol. The zero-order valence-corrected chi connectivity index (χ0v) is 16.6. The Labute approximate surface area is 169 Å². The van der Waals surface area contributed by atoms with E-state index < -0.39 is 11.4 Å². The molecule has 2 aliphatic heterocycles. The molecule has 0 radical (unpaired) electrons. The molecular weight excluding hydrogens is 370 g/mol. The van der Waals surface area contributed by atoms with E-state index in [0.717, 1.165) is 41.8 Å². The summed E-state index contributed by atoms with van der Waals surface area (Å²) in [6.07, 6.45) is 3.20. The van der Waals surface area contributed by atoms with E-state index in [1.165, 1.54) is 0 Å².